The van der Waals surface area contributed by atoms with Crippen molar-refractivity contribution in [1.82, 2.24) is 0 Å². The first-order valence-corrected chi connectivity index (χ1v) is 15.1. The van der Waals surface area contributed by atoms with E-state index >= 15 is 0 Å². The van der Waals surface area contributed by atoms with E-state index in [4.69, 9.17) is 0 Å². The van der Waals surface area contributed by atoms with Gasteiger partial charge < -0.3 is 9.67 Å². The third-order valence-corrected chi connectivity index (χ3v) is 11.1. The SMILES string of the molecule is C.C.C.C=C(C)[C@]1(O)CC[C@H]2[C@@H]3CCC4=CC(=O)CCC4=C3[C@@H](c3ccc(P(C)(C)=O)cc3)C[C@@]21C.S.S.S. The summed E-state index contributed by atoms with van der Waals surface area (Å²) in [6.07, 6.45) is 8.06. The van der Waals surface area contributed by atoms with Crippen molar-refractivity contribution in [2.75, 3.05) is 13.3 Å². The molecule has 0 amide bonds. The highest BCUT2D eigenvalue weighted by Gasteiger charge is 2.63. The molecule has 0 aromatic heterocycles. The molecule has 1 aromatic rings. The number of carbonyl (C=O) groups excluding carboxylic acids is 1. The average molecular weight is 615 g/mol. The van der Waals surface area contributed by atoms with Crippen LogP contribution in [-0.4, -0.2) is 29.8 Å². The lowest BCUT2D eigenvalue weighted by molar-refractivity contribution is -0.114. The van der Waals surface area contributed by atoms with Crippen molar-refractivity contribution in [3.05, 3.63) is 64.8 Å². The zero-order chi connectivity index (χ0) is 23.8. The van der Waals surface area contributed by atoms with Crippen LogP contribution in [0.15, 0.2) is 59.2 Å². The Morgan fingerprint density at radius 2 is 1.59 bits per heavy atom. The van der Waals surface area contributed by atoms with Gasteiger partial charge in [0.05, 0.1) is 5.60 Å². The molecule has 5 rings (SSSR count). The first-order chi connectivity index (χ1) is 15.5. The van der Waals surface area contributed by atoms with Gasteiger partial charge in [-0.1, -0.05) is 65.6 Å². The van der Waals surface area contributed by atoms with E-state index in [1.165, 1.54) is 22.3 Å². The zero-order valence-corrected chi connectivity index (χ0v) is 25.9. The van der Waals surface area contributed by atoms with E-state index in [1.807, 2.05) is 38.5 Å². The van der Waals surface area contributed by atoms with Gasteiger partial charge in [0.2, 0.25) is 0 Å². The summed E-state index contributed by atoms with van der Waals surface area (Å²) in [4.78, 5) is 12.2. The first kappa shape index (κ1) is 40.5. The maximum Gasteiger partial charge on any atom is 0.156 e. The Morgan fingerprint density at radius 1 is 1.00 bits per heavy atom. The Kier molecular flexibility index (Phi) is 14.5. The molecular weight excluding hydrogens is 560 g/mol. The summed E-state index contributed by atoms with van der Waals surface area (Å²) in [7, 11) is -2.31. The minimum Gasteiger partial charge on any atom is -0.385 e. The van der Waals surface area contributed by atoms with Gasteiger partial charge >= 0.3 is 0 Å². The molecule has 0 spiro atoms. The molecular formula is C32H55O3PS3. The van der Waals surface area contributed by atoms with Gasteiger partial charge in [0.1, 0.15) is 7.14 Å². The van der Waals surface area contributed by atoms with Gasteiger partial charge in [0.15, 0.2) is 5.78 Å². The van der Waals surface area contributed by atoms with Crippen molar-refractivity contribution in [3.63, 3.8) is 0 Å². The maximum atomic E-state index is 12.6. The topological polar surface area (TPSA) is 54.4 Å². The number of benzene rings is 1. The summed E-state index contributed by atoms with van der Waals surface area (Å²) in [5, 5.41) is 12.8. The summed E-state index contributed by atoms with van der Waals surface area (Å²) in [5.41, 5.74) is 5.26. The molecule has 2 saturated carbocycles. The van der Waals surface area contributed by atoms with Gasteiger partial charge in [-0.25, -0.2) is 0 Å². The molecule has 7 heteroatoms. The molecule has 0 saturated heterocycles. The Hall–Kier alpha value is -0.650. The number of ketones is 1. The first-order valence-electron chi connectivity index (χ1n) is 12.5. The minimum atomic E-state index is -2.31. The van der Waals surface area contributed by atoms with Crippen LogP contribution in [0.5, 0.6) is 0 Å². The third kappa shape index (κ3) is 6.41. The summed E-state index contributed by atoms with van der Waals surface area (Å²) in [5.74, 6) is 1.33. The van der Waals surface area contributed by atoms with E-state index < -0.39 is 12.7 Å². The molecule has 4 aliphatic rings. The molecule has 1 aromatic carbocycles. The summed E-state index contributed by atoms with van der Waals surface area (Å²) in [6.45, 7) is 12.1. The standard InChI is InChI=1S/C29H37O3P.3CH4.3H2S/c1-18(2)29(31)15-14-26-24-12-8-20-16-21(30)9-13-23(20)27(24)25(17-28(26,29)3)19-6-10-22(11-7-19)33(4,5)32;;;;;;/h6-7,10-11,16,24-26,31H,1,8-9,12-15,17H2,2-5H3;3*1H4;3*1H2/t24-,25+,26-,28-,29+;;;;;;/m0....../s1. The summed E-state index contributed by atoms with van der Waals surface area (Å²) < 4.78 is 12.6. The van der Waals surface area contributed by atoms with Crippen molar-refractivity contribution < 1.29 is 14.5 Å². The highest BCUT2D eigenvalue weighted by Crippen LogP contribution is 2.67. The van der Waals surface area contributed by atoms with Crippen LogP contribution in [0.25, 0.3) is 0 Å². The third-order valence-electron chi connectivity index (χ3n) is 9.51. The summed E-state index contributed by atoms with van der Waals surface area (Å²) in [6, 6.07) is 8.39. The van der Waals surface area contributed by atoms with Crippen molar-refractivity contribution >= 4 is 58.7 Å². The lowest BCUT2D eigenvalue weighted by atomic mass is 9.50. The lowest BCUT2D eigenvalue weighted by Crippen LogP contribution is -2.52. The average Bonchev–Trinajstić information content (AvgIpc) is 3.04. The van der Waals surface area contributed by atoms with E-state index in [0.29, 0.717) is 18.3 Å². The molecule has 0 unspecified atom stereocenters. The van der Waals surface area contributed by atoms with Crippen LogP contribution in [0.1, 0.15) is 92.6 Å². The van der Waals surface area contributed by atoms with Crippen molar-refractivity contribution in [1.29, 1.82) is 0 Å². The fourth-order valence-electron chi connectivity index (χ4n) is 7.73. The number of carbonyl (C=O) groups is 1. The molecule has 4 aliphatic carbocycles. The monoisotopic (exact) mass is 614 g/mol. The van der Waals surface area contributed by atoms with Crippen LogP contribution in [0.2, 0.25) is 0 Å². The number of hydrogen-bond donors (Lipinski definition) is 1. The molecule has 0 radical (unpaired) electrons. The molecule has 0 bridgehead atoms. The molecule has 2 fully saturated rings. The fourth-order valence-corrected chi connectivity index (χ4v) is 8.60. The highest BCUT2D eigenvalue weighted by molar-refractivity contribution is 7.70. The van der Waals surface area contributed by atoms with Gasteiger partial charge in [-0.3, -0.25) is 4.79 Å². The molecule has 0 heterocycles. The van der Waals surface area contributed by atoms with E-state index in [9.17, 15) is 14.5 Å². The quantitative estimate of drug-likeness (QED) is 0.275. The fraction of sp³-hybridized carbons (Fsp3) is 0.594. The number of hydrogen-bond acceptors (Lipinski definition) is 3. The highest BCUT2D eigenvalue weighted by atomic mass is 32.1. The van der Waals surface area contributed by atoms with Crippen LogP contribution in [0, 0.1) is 17.3 Å². The van der Waals surface area contributed by atoms with Crippen LogP contribution < -0.4 is 5.30 Å². The van der Waals surface area contributed by atoms with Gasteiger partial charge in [-0.15, -0.1) is 0 Å². The van der Waals surface area contributed by atoms with E-state index in [2.05, 4.69) is 25.6 Å². The van der Waals surface area contributed by atoms with Crippen LogP contribution in [0.3, 0.4) is 0 Å². The van der Waals surface area contributed by atoms with Crippen molar-refractivity contribution in [3.8, 4) is 0 Å². The molecule has 39 heavy (non-hydrogen) atoms. The second-order valence-electron chi connectivity index (χ2n) is 11.6. The van der Waals surface area contributed by atoms with Crippen LogP contribution >= 0.6 is 47.6 Å². The van der Waals surface area contributed by atoms with Crippen molar-refractivity contribution in [2.24, 2.45) is 17.3 Å². The zero-order valence-electron chi connectivity index (χ0n) is 22.0. The van der Waals surface area contributed by atoms with Gasteiger partial charge in [-0.2, -0.15) is 40.5 Å². The molecule has 5 atom stereocenters. The number of aliphatic hydroxyl groups is 1. The van der Waals surface area contributed by atoms with Crippen molar-refractivity contribution in [2.45, 2.75) is 92.6 Å². The Morgan fingerprint density at radius 3 is 2.13 bits per heavy atom. The van der Waals surface area contributed by atoms with Crippen LogP contribution in [0.4, 0.5) is 0 Å². The van der Waals surface area contributed by atoms with Gasteiger partial charge in [0.25, 0.3) is 0 Å². The smallest absolute Gasteiger partial charge is 0.156 e. The predicted octanol–water partition coefficient (Wildman–Crippen LogP) is 8.39. The number of allylic oxidation sites excluding steroid dienone is 4. The van der Waals surface area contributed by atoms with Gasteiger partial charge in [0, 0.05) is 23.1 Å². The lowest BCUT2D eigenvalue weighted by Gasteiger charge is -2.55. The Labute approximate surface area is 260 Å². The molecule has 3 nitrogen and oxygen atoms in total. The van der Waals surface area contributed by atoms with E-state index in [1.54, 1.807) is 0 Å². The Balaban J connectivity index is 0. The molecule has 0 aliphatic heterocycles. The second-order valence-corrected chi connectivity index (χ2v) is 14.8. The number of fused-ring (bicyclic) bond motifs is 4. The molecule has 224 valence electrons. The normalized spacial score (nSPS) is 30.5. The van der Waals surface area contributed by atoms with Crippen LogP contribution in [-0.2, 0) is 9.36 Å². The van der Waals surface area contributed by atoms with E-state index in [-0.39, 0.29) is 79.9 Å². The Bertz CT molecular complexity index is 1150. The largest absolute Gasteiger partial charge is 0.385 e. The predicted molar refractivity (Wildman–Crippen MR) is 187 cm³/mol. The van der Waals surface area contributed by atoms with Gasteiger partial charge in [-0.05, 0) is 99.0 Å². The molecule has 1 N–H and O–H groups in total. The summed E-state index contributed by atoms with van der Waals surface area (Å²) >= 11 is 0. The second kappa shape index (κ2) is 14.0. The minimum absolute atomic E-state index is 0. The van der Waals surface area contributed by atoms with E-state index in [0.717, 1.165) is 49.4 Å². The number of rotatable bonds is 3. The maximum absolute atomic E-state index is 12.6.